The maximum Gasteiger partial charge on any atom is 0.273 e. The molecule has 2 saturated heterocycles. The first-order chi connectivity index (χ1) is 10.6. The Hall–Kier alpha value is -1.66. The number of hydrogen-bond donors (Lipinski definition) is 1. The van der Waals surface area contributed by atoms with Crippen LogP contribution in [-0.2, 0) is 6.42 Å². The molecular weight excluding hydrogens is 318 g/mol. The van der Waals surface area contributed by atoms with Crippen molar-refractivity contribution < 1.29 is 9.72 Å². The van der Waals surface area contributed by atoms with Crippen LogP contribution < -0.4 is 5.32 Å². The molecule has 2 aliphatic rings. The van der Waals surface area contributed by atoms with Crippen molar-refractivity contribution >= 4 is 24.0 Å². The van der Waals surface area contributed by atoms with Crippen LogP contribution in [0.15, 0.2) is 18.2 Å². The van der Waals surface area contributed by atoms with Gasteiger partial charge in [-0.2, -0.15) is 0 Å². The summed E-state index contributed by atoms with van der Waals surface area (Å²) in [6, 6.07) is 5.72. The molecule has 7 heteroatoms. The molecule has 0 aliphatic carbocycles. The van der Waals surface area contributed by atoms with Crippen LogP contribution in [-0.4, -0.2) is 40.9 Å². The van der Waals surface area contributed by atoms with Gasteiger partial charge in [0.2, 0.25) is 0 Å². The molecular formula is C16H22ClN3O3. The van der Waals surface area contributed by atoms with Crippen LogP contribution in [0.2, 0.25) is 0 Å². The monoisotopic (exact) mass is 339 g/mol. The zero-order chi connectivity index (χ0) is 15.7. The summed E-state index contributed by atoms with van der Waals surface area (Å²) in [5.41, 5.74) is 1.13. The minimum Gasteiger partial charge on any atom is -0.337 e. The third-order valence-electron chi connectivity index (χ3n) is 4.72. The van der Waals surface area contributed by atoms with E-state index >= 15 is 0 Å². The van der Waals surface area contributed by atoms with Gasteiger partial charge in [-0.05, 0) is 31.7 Å². The molecule has 2 heterocycles. The number of nitro groups is 1. The predicted octanol–water partition coefficient (Wildman–Crippen LogP) is 2.55. The van der Waals surface area contributed by atoms with Crippen LogP contribution in [0.25, 0.3) is 0 Å². The summed E-state index contributed by atoms with van der Waals surface area (Å²) >= 11 is 0. The van der Waals surface area contributed by atoms with E-state index in [9.17, 15) is 14.9 Å². The number of nitrogens with one attached hydrogen (secondary N) is 1. The van der Waals surface area contributed by atoms with Gasteiger partial charge in [0.25, 0.3) is 11.6 Å². The van der Waals surface area contributed by atoms with Gasteiger partial charge in [-0.3, -0.25) is 14.9 Å². The highest BCUT2D eigenvalue weighted by Gasteiger charge is 2.31. The molecule has 0 radical (unpaired) electrons. The van der Waals surface area contributed by atoms with Gasteiger partial charge >= 0.3 is 0 Å². The van der Waals surface area contributed by atoms with Gasteiger partial charge in [0, 0.05) is 42.4 Å². The molecule has 6 nitrogen and oxygen atoms in total. The van der Waals surface area contributed by atoms with Crippen LogP contribution in [0.1, 0.15) is 42.1 Å². The van der Waals surface area contributed by atoms with Crippen molar-refractivity contribution in [1.29, 1.82) is 0 Å². The van der Waals surface area contributed by atoms with E-state index in [1.54, 1.807) is 12.1 Å². The number of rotatable bonds is 3. The van der Waals surface area contributed by atoms with E-state index in [2.05, 4.69) is 5.32 Å². The number of aryl methyl sites for hydroxylation is 1. The maximum absolute atomic E-state index is 12.7. The fraction of sp³-hybridized carbons (Fsp3) is 0.562. The fourth-order valence-electron chi connectivity index (χ4n) is 3.48. The number of carbonyl (C=O) groups excluding carboxylic acids is 1. The third-order valence-corrected chi connectivity index (χ3v) is 4.72. The van der Waals surface area contributed by atoms with Crippen LogP contribution in [0.5, 0.6) is 0 Å². The molecule has 0 spiro atoms. The first kappa shape index (κ1) is 17.7. The molecule has 2 bridgehead atoms. The van der Waals surface area contributed by atoms with Crippen molar-refractivity contribution in [2.45, 2.75) is 44.7 Å². The van der Waals surface area contributed by atoms with E-state index in [1.807, 2.05) is 11.8 Å². The lowest BCUT2D eigenvalue weighted by molar-refractivity contribution is -0.385. The first-order valence-electron chi connectivity index (χ1n) is 7.91. The minimum absolute atomic E-state index is 0. The molecule has 2 fully saturated rings. The Labute approximate surface area is 141 Å². The summed E-state index contributed by atoms with van der Waals surface area (Å²) in [5, 5.41) is 14.7. The van der Waals surface area contributed by atoms with E-state index in [0.717, 1.165) is 19.4 Å². The number of carbonyl (C=O) groups is 1. The summed E-state index contributed by atoms with van der Waals surface area (Å²) in [6.07, 6.45) is 3.83. The van der Waals surface area contributed by atoms with Crippen molar-refractivity contribution in [2.75, 3.05) is 13.1 Å². The standard InChI is InChI=1S/C16H21N3O3.ClH/c1-2-11-3-4-12(9-15(11)19(21)22)16(20)18-8-7-13-5-6-14(10-18)17-13;/h3-4,9,13-14,17H,2,5-8,10H2,1H3;1H. The van der Waals surface area contributed by atoms with E-state index in [1.165, 1.54) is 12.5 Å². The summed E-state index contributed by atoms with van der Waals surface area (Å²) in [4.78, 5) is 25.3. The van der Waals surface area contributed by atoms with Gasteiger partial charge in [0.15, 0.2) is 0 Å². The highest BCUT2D eigenvalue weighted by atomic mass is 35.5. The Kier molecular flexibility index (Phi) is 5.59. The number of hydrogen-bond acceptors (Lipinski definition) is 4. The minimum atomic E-state index is -0.401. The van der Waals surface area contributed by atoms with Crippen molar-refractivity contribution in [2.24, 2.45) is 0 Å². The number of nitrogens with zero attached hydrogens (tertiary/aromatic N) is 2. The lowest BCUT2D eigenvalue weighted by Gasteiger charge is -2.24. The Morgan fingerprint density at radius 3 is 2.78 bits per heavy atom. The number of fused-ring (bicyclic) bond motifs is 2. The molecule has 2 aliphatic heterocycles. The van der Waals surface area contributed by atoms with Crippen LogP contribution in [0, 0.1) is 10.1 Å². The Bertz CT molecular complexity index is 608. The molecule has 0 saturated carbocycles. The van der Waals surface area contributed by atoms with E-state index < -0.39 is 4.92 Å². The Morgan fingerprint density at radius 2 is 2.09 bits per heavy atom. The Morgan fingerprint density at radius 1 is 1.35 bits per heavy atom. The SMILES string of the molecule is CCc1ccc(C(=O)N2CCC3CCC(C2)N3)cc1[N+](=O)[O-].Cl. The third kappa shape index (κ3) is 3.64. The summed E-state index contributed by atoms with van der Waals surface area (Å²) in [6.45, 7) is 3.29. The summed E-state index contributed by atoms with van der Waals surface area (Å²) in [5.74, 6) is -0.0971. The van der Waals surface area contributed by atoms with Gasteiger partial charge in [-0.25, -0.2) is 0 Å². The van der Waals surface area contributed by atoms with Gasteiger partial charge < -0.3 is 10.2 Å². The second-order valence-electron chi connectivity index (χ2n) is 6.13. The number of amides is 1. The smallest absolute Gasteiger partial charge is 0.273 e. The number of likely N-dealkylation sites (tertiary alicyclic amines) is 1. The fourth-order valence-corrected chi connectivity index (χ4v) is 3.48. The lowest BCUT2D eigenvalue weighted by atomic mass is 10.0. The average molecular weight is 340 g/mol. The highest BCUT2D eigenvalue weighted by Crippen LogP contribution is 2.24. The normalized spacial score (nSPS) is 23.1. The van der Waals surface area contributed by atoms with Gasteiger partial charge in [-0.1, -0.05) is 13.0 Å². The van der Waals surface area contributed by atoms with E-state index in [4.69, 9.17) is 0 Å². The molecule has 2 unspecified atom stereocenters. The summed E-state index contributed by atoms with van der Waals surface area (Å²) in [7, 11) is 0. The second-order valence-corrected chi connectivity index (χ2v) is 6.13. The average Bonchev–Trinajstić information content (AvgIpc) is 2.85. The predicted molar refractivity (Wildman–Crippen MR) is 90.2 cm³/mol. The quantitative estimate of drug-likeness (QED) is 0.678. The molecule has 1 aromatic rings. The van der Waals surface area contributed by atoms with Crippen molar-refractivity contribution in [1.82, 2.24) is 10.2 Å². The molecule has 2 atom stereocenters. The number of halogens is 1. The molecule has 23 heavy (non-hydrogen) atoms. The van der Waals surface area contributed by atoms with Crippen LogP contribution >= 0.6 is 12.4 Å². The highest BCUT2D eigenvalue weighted by molar-refractivity contribution is 5.95. The Balaban J connectivity index is 0.00000192. The molecule has 1 aromatic carbocycles. The van der Waals surface area contributed by atoms with Gasteiger partial charge in [0.1, 0.15) is 0 Å². The topological polar surface area (TPSA) is 75.5 Å². The second kappa shape index (κ2) is 7.27. The number of benzene rings is 1. The largest absolute Gasteiger partial charge is 0.337 e. The van der Waals surface area contributed by atoms with Crippen LogP contribution in [0.3, 0.4) is 0 Å². The maximum atomic E-state index is 12.7. The first-order valence-corrected chi connectivity index (χ1v) is 7.91. The van der Waals surface area contributed by atoms with E-state index in [-0.39, 0.29) is 24.0 Å². The molecule has 1 N–H and O–H groups in total. The van der Waals surface area contributed by atoms with Gasteiger partial charge in [-0.15, -0.1) is 12.4 Å². The van der Waals surface area contributed by atoms with Crippen molar-refractivity contribution in [3.05, 3.63) is 39.4 Å². The molecule has 0 aromatic heterocycles. The molecule has 3 rings (SSSR count). The van der Waals surface area contributed by atoms with Gasteiger partial charge in [0.05, 0.1) is 4.92 Å². The number of nitro benzene ring substituents is 1. The molecule has 1 amide bonds. The lowest BCUT2D eigenvalue weighted by Crippen LogP contribution is -2.39. The van der Waals surface area contributed by atoms with Crippen LogP contribution in [0.4, 0.5) is 5.69 Å². The van der Waals surface area contributed by atoms with E-state index in [0.29, 0.717) is 36.2 Å². The molecule has 126 valence electrons. The zero-order valence-corrected chi connectivity index (χ0v) is 14.0. The summed E-state index contributed by atoms with van der Waals surface area (Å²) < 4.78 is 0. The van der Waals surface area contributed by atoms with Crippen molar-refractivity contribution in [3.63, 3.8) is 0 Å². The van der Waals surface area contributed by atoms with Crippen molar-refractivity contribution in [3.8, 4) is 0 Å². The zero-order valence-electron chi connectivity index (χ0n) is 13.2.